The van der Waals surface area contributed by atoms with E-state index >= 15 is 0 Å². The van der Waals surface area contributed by atoms with Crippen molar-refractivity contribution in [3.05, 3.63) is 70.4 Å². The predicted octanol–water partition coefficient (Wildman–Crippen LogP) is 2.69. The summed E-state index contributed by atoms with van der Waals surface area (Å²) >= 11 is 0. The zero-order valence-electron chi connectivity index (χ0n) is 13.7. The van der Waals surface area contributed by atoms with Gasteiger partial charge in [-0.25, -0.2) is 5.10 Å². The van der Waals surface area contributed by atoms with Crippen LogP contribution in [0.1, 0.15) is 41.5 Å². The van der Waals surface area contributed by atoms with E-state index in [0.29, 0.717) is 17.3 Å². The van der Waals surface area contributed by atoms with Crippen LogP contribution in [-0.2, 0) is 0 Å². The number of amides is 1. The summed E-state index contributed by atoms with van der Waals surface area (Å²) in [5.74, 6) is -0.164. The number of benzene rings is 1. The Kier molecular flexibility index (Phi) is 4.01. The first-order chi connectivity index (χ1) is 12.3. The van der Waals surface area contributed by atoms with E-state index in [-0.39, 0.29) is 23.2 Å². The summed E-state index contributed by atoms with van der Waals surface area (Å²) in [6, 6.07) is 12.8. The number of hydrogen-bond acceptors (Lipinski definition) is 4. The molecule has 1 amide bonds. The van der Waals surface area contributed by atoms with Gasteiger partial charge in [-0.15, -0.1) is 0 Å². The molecule has 6 nitrogen and oxygen atoms in total. The molecule has 6 heteroatoms. The van der Waals surface area contributed by atoms with E-state index in [2.05, 4.69) is 15.2 Å². The molecule has 0 saturated carbocycles. The monoisotopic (exact) mass is 334 g/mol. The second kappa shape index (κ2) is 6.47. The van der Waals surface area contributed by atoms with E-state index in [1.165, 1.54) is 0 Å². The third kappa shape index (κ3) is 2.80. The van der Waals surface area contributed by atoms with E-state index in [0.717, 1.165) is 25.0 Å². The van der Waals surface area contributed by atoms with Gasteiger partial charge in [-0.1, -0.05) is 24.3 Å². The maximum atomic E-state index is 13.2. The lowest BCUT2D eigenvalue weighted by Crippen LogP contribution is -2.39. The second-order valence-electron chi connectivity index (χ2n) is 6.21. The van der Waals surface area contributed by atoms with Crippen LogP contribution in [0.2, 0.25) is 0 Å². The molecule has 1 atom stereocenters. The Hall–Kier alpha value is -3.02. The molecule has 1 aromatic carbocycles. The number of carbonyl (C=O) groups is 1. The van der Waals surface area contributed by atoms with Crippen LogP contribution >= 0.6 is 0 Å². The highest BCUT2D eigenvalue weighted by Gasteiger charge is 2.31. The highest BCUT2D eigenvalue weighted by atomic mass is 16.2. The molecule has 126 valence electrons. The number of nitrogens with zero attached hydrogens (tertiary/aromatic N) is 3. The van der Waals surface area contributed by atoms with Crippen LogP contribution in [0, 0.1) is 0 Å². The molecule has 2 aromatic heterocycles. The van der Waals surface area contributed by atoms with E-state index in [9.17, 15) is 9.59 Å². The standard InChI is InChI=1S/C19H18N4O2/c24-18-14-8-2-1-7-13(14)17(21-22-18)19(25)23-12-6-4-10-16(23)15-9-3-5-11-20-15/h1-3,5,7-9,11,16H,4,6,10,12H2,(H,22,24)/t16-/m0/s1. The van der Waals surface area contributed by atoms with Crippen molar-refractivity contribution in [2.75, 3.05) is 6.54 Å². The van der Waals surface area contributed by atoms with Gasteiger partial charge in [-0.3, -0.25) is 14.6 Å². The quantitative estimate of drug-likeness (QED) is 0.781. The average Bonchev–Trinajstić information content (AvgIpc) is 2.69. The molecule has 0 radical (unpaired) electrons. The number of fused-ring (bicyclic) bond motifs is 1. The minimum atomic E-state index is -0.285. The Morgan fingerprint density at radius 1 is 1.08 bits per heavy atom. The summed E-state index contributed by atoms with van der Waals surface area (Å²) in [6.45, 7) is 0.662. The fraction of sp³-hybridized carbons (Fsp3) is 0.263. The number of rotatable bonds is 2. The maximum Gasteiger partial charge on any atom is 0.275 e. The van der Waals surface area contributed by atoms with Crippen LogP contribution < -0.4 is 5.56 Å². The molecule has 0 unspecified atom stereocenters. The van der Waals surface area contributed by atoms with E-state index in [1.54, 1.807) is 24.4 Å². The van der Waals surface area contributed by atoms with Crippen molar-refractivity contribution >= 4 is 16.7 Å². The van der Waals surface area contributed by atoms with E-state index < -0.39 is 0 Å². The molecule has 0 aliphatic carbocycles. The van der Waals surface area contributed by atoms with Crippen LogP contribution in [-0.4, -0.2) is 32.5 Å². The maximum absolute atomic E-state index is 13.2. The topological polar surface area (TPSA) is 79.0 Å². The number of aromatic amines is 1. The van der Waals surface area contributed by atoms with Gasteiger partial charge in [0.1, 0.15) is 0 Å². The lowest BCUT2D eigenvalue weighted by molar-refractivity contribution is 0.0601. The van der Waals surface area contributed by atoms with Gasteiger partial charge in [0.2, 0.25) is 0 Å². The summed E-state index contributed by atoms with van der Waals surface area (Å²) in [5, 5.41) is 7.57. The first-order valence-electron chi connectivity index (χ1n) is 8.45. The van der Waals surface area contributed by atoms with Crippen molar-refractivity contribution in [1.29, 1.82) is 0 Å². The summed E-state index contributed by atoms with van der Waals surface area (Å²) in [5.41, 5.74) is 0.898. The van der Waals surface area contributed by atoms with Crippen molar-refractivity contribution in [2.45, 2.75) is 25.3 Å². The van der Waals surface area contributed by atoms with Gasteiger partial charge in [-0.2, -0.15) is 5.10 Å². The number of piperidine rings is 1. The fourth-order valence-electron chi connectivity index (χ4n) is 3.47. The van der Waals surface area contributed by atoms with E-state index in [1.807, 2.05) is 29.2 Å². The molecule has 1 aliphatic rings. The van der Waals surface area contributed by atoms with Crippen molar-refractivity contribution in [3.63, 3.8) is 0 Å². The molecule has 0 bridgehead atoms. The van der Waals surface area contributed by atoms with Crippen LogP contribution in [0.15, 0.2) is 53.5 Å². The van der Waals surface area contributed by atoms with Crippen LogP contribution in [0.25, 0.3) is 10.8 Å². The lowest BCUT2D eigenvalue weighted by atomic mass is 9.98. The van der Waals surface area contributed by atoms with Gasteiger partial charge in [-0.05, 0) is 37.5 Å². The van der Waals surface area contributed by atoms with Crippen LogP contribution in [0.3, 0.4) is 0 Å². The van der Waals surface area contributed by atoms with Crippen molar-refractivity contribution in [3.8, 4) is 0 Å². The number of likely N-dealkylation sites (tertiary alicyclic amines) is 1. The lowest BCUT2D eigenvalue weighted by Gasteiger charge is -2.35. The SMILES string of the molecule is O=C(c1n[nH]c(=O)c2ccccc12)N1CCCC[C@H]1c1ccccn1. The smallest absolute Gasteiger partial charge is 0.275 e. The first-order valence-corrected chi connectivity index (χ1v) is 8.45. The molecule has 4 rings (SSSR count). The highest BCUT2D eigenvalue weighted by molar-refractivity contribution is 6.04. The van der Waals surface area contributed by atoms with Gasteiger partial charge in [0.15, 0.2) is 5.69 Å². The average molecular weight is 334 g/mol. The molecule has 0 spiro atoms. The Morgan fingerprint density at radius 3 is 2.68 bits per heavy atom. The minimum absolute atomic E-state index is 0.0602. The van der Waals surface area contributed by atoms with Crippen molar-refractivity contribution in [1.82, 2.24) is 20.1 Å². The Bertz CT molecular complexity index is 968. The summed E-state index contributed by atoms with van der Waals surface area (Å²) in [6.07, 6.45) is 4.64. The van der Waals surface area contributed by atoms with Crippen molar-refractivity contribution in [2.24, 2.45) is 0 Å². The minimum Gasteiger partial charge on any atom is -0.329 e. The number of H-pyrrole nitrogens is 1. The summed E-state index contributed by atoms with van der Waals surface area (Å²) in [7, 11) is 0. The van der Waals surface area contributed by atoms with Crippen LogP contribution in [0.4, 0.5) is 0 Å². The van der Waals surface area contributed by atoms with Gasteiger partial charge in [0.25, 0.3) is 11.5 Å². The normalized spacial score (nSPS) is 17.6. The Balaban J connectivity index is 1.77. The molecule has 1 saturated heterocycles. The molecule has 3 heterocycles. The second-order valence-corrected chi connectivity index (χ2v) is 6.21. The van der Waals surface area contributed by atoms with Gasteiger partial charge >= 0.3 is 0 Å². The molecule has 1 fully saturated rings. The van der Waals surface area contributed by atoms with Gasteiger partial charge in [0.05, 0.1) is 17.1 Å². The number of nitrogens with one attached hydrogen (secondary N) is 1. The Morgan fingerprint density at radius 2 is 1.88 bits per heavy atom. The highest BCUT2D eigenvalue weighted by Crippen LogP contribution is 2.31. The molecule has 3 aromatic rings. The fourth-order valence-corrected chi connectivity index (χ4v) is 3.47. The third-order valence-corrected chi connectivity index (χ3v) is 4.69. The number of carbonyl (C=O) groups excluding carboxylic acids is 1. The van der Waals surface area contributed by atoms with Gasteiger partial charge in [0, 0.05) is 18.1 Å². The van der Waals surface area contributed by atoms with Crippen LogP contribution in [0.5, 0.6) is 0 Å². The molecule has 1 N–H and O–H groups in total. The molecule has 25 heavy (non-hydrogen) atoms. The number of hydrogen-bond donors (Lipinski definition) is 1. The van der Waals surface area contributed by atoms with Crippen molar-refractivity contribution < 1.29 is 4.79 Å². The zero-order chi connectivity index (χ0) is 17.2. The zero-order valence-corrected chi connectivity index (χ0v) is 13.7. The summed E-state index contributed by atoms with van der Waals surface area (Å²) in [4.78, 5) is 31.5. The van der Waals surface area contributed by atoms with E-state index in [4.69, 9.17) is 0 Å². The third-order valence-electron chi connectivity index (χ3n) is 4.69. The Labute approximate surface area is 144 Å². The van der Waals surface area contributed by atoms with Gasteiger partial charge < -0.3 is 4.90 Å². The molecular formula is C19H18N4O2. The summed E-state index contributed by atoms with van der Waals surface area (Å²) < 4.78 is 0. The number of aromatic nitrogens is 3. The molecular weight excluding hydrogens is 316 g/mol. The largest absolute Gasteiger partial charge is 0.329 e. The molecule has 1 aliphatic heterocycles. The first kappa shape index (κ1) is 15.5. The predicted molar refractivity (Wildman–Crippen MR) is 94.2 cm³/mol. The number of pyridine rings is 1.